The summed E-state index contributed by atoms with van der Waals surface area (Å²) in [6.07, 6.45) is 1.39. The summed E-state index contributed by atoms with van der Waals surface area (Å²) in [4.78, 5) is 31.5. The van der Waals surface area contributed by atoms with E-state index in [9.17, 15) is 20.0 Å². The van der Waals surface area contributed by atoms with E-state index in [0.717, 1.165) is 10.6 Å². The monoisotopic (exact) mass is 415 g/mol. The Hall–Kier alpha value is -3.10. The van der Waals surface area contributed by atoms with Crippen molar-refractivity contribution in [3.05, 3.63) is 73.7 Å². The zero-order valence-corrected chi connectivity index (χ0v) is 16.2. The Morgan fingerprint density at radius 3 is 2.68 bits per heavy atom. The maximum Gasteiger partial charge on any atom is 0.310 e. The SMILES string of the molecule is Cc1nc(-c2ccc(Cl)cc2)sc1C(=O)CN=Cc1ccc([N+](=O)[O-])c(O)c1. The van der Waals surface area contributed by atoms with Gasteiger partial charge in [0, 0.05) is 22.9 Å². The second kappa shape index (κ2) is 8.28. The number of phenolic OH excluding ortho intramolecular Hbond substituents is 1. The number of thiazole rings is 1. The Bertz CT molecular complexity index is 1080. The standard InChI is InChI=1S/C19H14ClN3O4S/c1-11-18(28-19(22-11)13-3-5-14(20)6-4-13)17(25)10-21-9-12-2-7-15(23(26)27)16(24)8-12/h2-9,24H,10H2,1H3. The minimum absolute atomic E-state index is 0.0964. The van der Waals surface area contributed by atoms with E-state index in [0.29, 0.717) is 21.2 Å². The Morgan fingerprint density at radius 1 is 1.32 bits per heavy atom. The molecular weight excluding hydrogens is 402 g/mol. The lowest BCUT2D eigenvalue weighted by Crippen LogP contribution is -2.03. The lowest BCUT2D eigenvalue weighted by Gasteiger charge is -1.98. The number of aromatic nitrogens is 1. The molecule has 0 aliphatic rings. The van der Waals surface area contributed by atoms with Gasteiger partial charge in [0.1, 0.15) is 11.6 Å². The number of nitro benzene ring substituents is 1. The summed E-state index contributed by atoms with van der Waals surface area (Å²) in [6, 6.07) is 11.1. The molecule has 9 heteroatoms. The summed E-state index contributed by atoms with van der Waals surface area (Å²) in [5, 5.41) is 21.7. The van der Waals surface area contributed by atoms with Gasteiger partial charge in [-0.2, -0.15) is 0 Å². The highest BCUT2D eigenvalue weighted by Gasteiger charge is 2.16. The van der Waals surface area contributed by atoms with Crippen LogP contribution in [0.3, 0.4) is 0 Å². The van der Waals surface area contributed by atoms with Crippen LogP contribution >= 0.6 is 22.9 Å². The van der Waals surface area contributed by atoms with E-state index in [-0.39, 0.29) is 18.0 Å². The average Bonchev–Trinajstić information content (AvgIpc) is 3.04. The number of ketones is 1. The van der Waals surface area contributed by atoms with Crippen molar-refractivity contribution in [2.75, 3.05) is 6.54 Å². The third kappa shape index (κ3) is 4.41. The highest BCUT2D eigenvalue weighted by molar-refractivity contribution is 7.17. The summed E-state index contributed by atoms with van der Waals surface area (Å²) < 4.78 is 0. The maximum absolute atomic E-state index is 12.5. The van der Waals surface area contributed by atoms with Crippen molar-refractivity contribution in [3.8, 4) is 16.3 Å². The summed E-state index contributed by atoms with van der Waals surface area (Å²) in [6.45, 7) is 1.67. The molecule has 0 spiro atoms. The molecule has 0 radical (unpaired) electrons. The van der Waals surface area contributed by atoms with Gasteiger partial charge >= 0.3 is 5.69 Å². The van der Waals surface area contributed by atoms with E-state index in [2.05, 4.69) is 9.98 Å². The molecule has 3 aromatic rings. The van der Waals surface area contributed by atoms with E-state index in [1.807, 2.05) is 12.1 Å². The van der Waals surface area contributed by atoms with Crippen LogP contribution in [0.15, 0.2) is 47.5 Å². The van der Waals surface area contributed by atoms with Gasteiger partial charge in [0.2, 0.25) is 0 Å². The molecule has 0 saturated carbocycles. The van der Waals surface area contributed by atoms with Crippen molar-refractivity contribution < 1.29 is 14.8 Å². The fraction of sp³-hybridized carbons (Fsp3) is 0.105. The number of aryl methyl sites for hydroxylation is 1. The number of phenols is 1. The van der Waals surface area contributed by atoms with Gasteiger partial charge in [-0.15, -0.1) is 11.3 Å². The largest absolute Gasteiger partial charge is 0.502 e. The molecule has 1 aromatic heterocycles. The highest BCUT2D eigenvalue weighted by Crippen LogP contribution is 2.29. The number of aromatic hydroxyl groups is 1. The van der Waals surface area contributed by atoms with Crippen molar-refractivity contribution in [2.45, 2.75) is 6.92 Å². The van der Waals surface area contributed by atoms with Crippen LogP contribution in [0.2, 0.25) is 5.02 Å². The van der Waals surface area contributed by atoms with Crippen LogP contribution in [0.5, 0.6) is 5.75 Å². The summed E-state index contributed by atoms with van der Waals surface area (Å²) >= 11 is 7.18. The van der Waals surface area contributed by atoms with Gasteiger partial charge in [0.15, 0.2) is 11.5 Å². The first-order chi connectivity index (χ1) is 13.3. The molecular formula is C19H14ClN3O4S. The van der Waals surface area contributed by atoms with Gasteiger partial charge in [0.25, 0.3) is 0 Å². The third-order valence-corrected chi connectivity index (χ3v) is 5.31. The van der Waals surface area contributed by atoms with Crippen LogP contribution in [0.4, 0.5) is 5.69 Å². The fourth-order valence-corrected chi connectivity index (χ4v) is 3.58. The van der Waals surface area contributed by atoms with Crippen LogP contribution in [0.25, 0.3) is 10.6 Å². The molecule has 0 atom stereocenters. The molecule has 28 heavy (non-hydrogen) atoms. The van der Waals surface area contributed by atoms with E-state index >= 15 is 0 Å². The van der Waals surface area contributed by atoms with Crippen molar-refractivity contribution in [3.63, 3.8) is 0 Å². The summed E-state index contributed by atoms with van der Waals surface area (Å²) in [5.74, 6) is -0.635. The van der Waals surface area contributed by atoms with Crippen molar-refractivity contribution >= 4 is 40.6 Å². The number of hydrogen-bond acceptors (Lipinski definition) is 7. The number of benzene rings is 2. The van der Waals surface area contributed by atoms with E-state index in [1.54, 1.807) is 19.1 Å². The number of nitrogens with zero attached hydrogens (tertiary/aromatic N) is 3. The minimum Gasteiger partial charge on any atom is -0.502 e. The fourth-order valence-electron chi connectivity index (χ4n) is 2.45. The topological polar surface area (TPSA) is 106 Å². The molecule has 0 bridgehead atoms. The van der Waals surface area contributed by atoms with Crippen molar-refractivity contribution in [2.24, 2.45) is 4.99 Å². The lowest BCUT2D eigenvalue weighted by molar-refractivity contribution is -0.385. The molecule has 1 N–H and O–H groups in total. The maximum atomic E-state index is 12.5. The molecule has 0 saturated heterocycles. The van der Waals surface area contributed by atoms with Crippen LogP contribution in [0.1, 0.15) is 20.9 Å². The first kappa shape index (κ1) is 19.7. The Labute approximate surface area is 169 Å². The number of Topliss-reactive ketones (excluding diaryl/α,β-unsaturated/α-hetero) is 1. The summed E-state index contributed by atoms with van der Waals surface area (Å²) in [5.41, 5.74) is 1.58. The smallest absolute Gasteiger partial charge is 0.310 e. The van der Waals surface area contributed by atoms with Crippen molar-refractivity contribution in [1.82, 2.24) is 4.98 Å². The zero-order chi connectivity index (χ0) is 20.3. The number of hydrogen-bond donors (Lipinski definition) is 1. The number of carbonyl (C=O) groups excluding carboxylic acids is 1. The second-order valence-corrected chi connectivity index (χ2v) is 7.27. The molecule has 2 aromatic carbocycles. The van der Waals surface area contributed by atoms with Crippen LogP contribution in [-0.2, 0) is 0 Å². The molecule has 0 aliphatic heterocycles. The van der Waals surface area contributed by atoms with Crippen LogP contribution < -0.4 is 0 Å². The Morgan fingerprint density at radius 2 is 2.04 bits per heavy atom. The molecule has 0 aliphatic carbocycles. The predicted molar refractivity (Wildman–Crippen MR) is 109 cm³/mol. The van der Waals surface area contributed by atoms with E-state index in [1.165, 1.54) is 35.8 Å². The first-order valence-electron chi connectivity index (χ1n) is 8.09. The molecule has 0 unspecified atom stereocenters. The number of rotatable bonds is 6. The molecule has 0 fully saturated rings. The number of halogens is 1. The minimum atomic E-state index is -0.676. The quantitative estimate of drug-likeness (QED) is 0.272. The molecule has 0 amide bonds. The van der Waals surface area contributed by atoms with Gasteiger partial charge in [0.05, 0.1) is 15.5 Å². The molecule has 3 rings (SSSR count). The van der Waals surface area contributed by atoms with E-state index < -0.39 is 10.7 Å². The molecule has 1 heterocycles. The van der Waals surface area contributed by atoms with Crippen LogP contribution in [-0.4, -0.2) is 33.6 Å². The predicted octanol–water partition coefficient (Wildman–Crippen LogP) is 4.69. The molecule has 7 nitrogen and oxygen atoms in total. The average molecular weight is 416 g/mol. The second-order valence-electron chi connectivity index (χ2n) is 5.84. The Kier molecular flexibility index (Phi) is 5.81. The van der Waals surface area contributed by atoms with Crippen molar-refractivity contribution in [1.29, 1.82) is 0 Å². The third-order valence-electron chi connectivity index (χ3n) is 3.81. The van der Waals surface area contributed by atoms with Gasteiger partial charge in [-0.05, 0) is 36.8 Å². The Balaban J connectivity index is 1.71. The highest BCUT2D eigenvalue weighted by atomic mass is 35.5. The lowest BCUT2D eigenvalue weighted by atomic mass is 10.2. The zero-order valence-electron chi connectivity index (χ0n) is 14.6. The molecule has 142 valence electrons. The van der Waals surface area contributed by atoms with Gasteiger partial charge < -0.3 is 5.11 Å². The van der Waals surface area contributed by atoms with Gasteiger partial charge in [-0.1, -0.05) is 23.7 Å². The van der Waals surface area contributed by atoms with Gasteiger partial charge in [-0.25, -0.2) is 4.98 Å². The number of nitro groups is 1. The summed E-state index contributed by atoms with van der Waals surface area (Å²) in [7, 11) is 0. The van der Waals surface area contributed by atoms with Crippen LogP contribution in [0, 0.1) is 17.0 Å². The number of aliphatic imine (C=N–C) groups is 1. The normalized spacial score (nSPS) is 11.1. The number of carbonyl (C=O) groups is 1. The van der Waals surface area contributed by atoms with Gasteiger partial charge in [-0.3, -0.25) is 19.9 Å². The van der Waals surface area contributed by atoms with E-state index in [4.69, 9.17) is 11.6 Å². The first-order valence-corrected chi connectivity index (χ1v) is 9.28.